The maximum atomic E-state index is 13.4. The molecule has 0 aliphatic carbocycles. The van der Waals surface area contributed by atoms with E-state index in [1.165, 1.54) is 19.2 Å². The van der Waals surface area contributed by atoms with Crippen molar-refractivity contribution in [3.63, 3.8) is 0 Å². The minimum atomic E-state index is -4.70. The summed E-state index contributed by atoms with van der Waals surface area (Å²) in [5.74, 6) is -0.956. The maximum Gasteiger partial charge on any atom is 0.449 e. The van der Waals surface area contributed by atoms with Gasteiger partial charge in [-0.3, -0.25) is 4.79 Å². The monoisotopic (exact) mass is 485 g/mol. The van der Waals surface area contributed by atoms with Gasteiger partial charge in [0, 0.05) is 32.1 Å². The van der Waals surface area contributed by atoms with Crippen LogP contribution in [0.2, 0.25) is 5.02 Å². The van der Waals surface area contributed by atoms with Crippen LogP contribution in [0.1, 0.15) is 51.1 Å². The molecule has 7 nitrogen and oxygen atoms in total. The van der Waals surface area contributed by atoms with Crippen molar-refractivity contribution >= 4 is 39.7 Å². The molecule has 0 atom stereocenters. The number of fused-ring (bicyclic) bond motifs is 3. The van der Waals surface area contributed by atoms with Gasteiger partial charge in [0.2, 0.25) is 5.82 Å². The molecule has 0 spiro atoms. The summed E-state index contributed by atoms with van der Waals surface area (Å²) in [6, 6.07) is 2.63. The van der Waals surface area contributed by atoms with Gasteiger partial charge in [0.15, 0.2) is 11.0 Å². The number of benzene rings is 1. The van der Waals surface area contributed by atoms with E-state index in [-0.39, 0.29) is 32.9 Å². The van der Waals surface area contributed by atoms with Crippen LogP contribution in [0.25, 0.3) is 22.0 Å². The molecule has 1 amide bonds. The van der Waals surface area contributed by atoms with E-state index in [0.717, 1.165) is 4.57 Å². The van der Waals surface area contributed by atoms with Crippen LogP contribution in [0, 0.1) is 0 Å². The molecule has 1 fully saturated rings. The van der Waals surface area contributed by atoms with Gasteiger partial charge in [0.1, 0.15) is 22.4 Å². The normalized spacial score (nSPS) is 16.1. The topological polar surface area (TPSA) is 77.6 Å². The first-order valence-corrected chi connectivity index (χ1v) is 10.8. The molecule has 1 aliphatic rings. The third-order valence-corrected chi connectivity index (χ3v) is 5.90. The average Bonchev–Trinajstić information content (AvgIpc) is 3.06. The van der Waals surface area contributed by atoms with E-state index in [0.29, 0.717) is 31.7 Å². The molecular weight excluding hydrogens is 463 g/mol. The molecule has 0 radical (unpaired) electrons. The number of hydrogen-bond acceptors (Lipinski definition) is 5. The quantitative estimate of drug-likeness (QED) is 0.457. The molecule has 11 heteroatoms. The van der Waals surface area contributed by atoms with Crippen molar-refractivity contribution in [1.82, 2.24) is 14.5 Å². The van der Waals surface area contributed by atoms with Crippen molar-refractivity contribution in [3.8, 4) is 0 Å². The molecule has 4 rings (SSSR count). The predicted molar refractivity (Wildman–Crippen MR) is 117 cm³/mol. The summed E-state index contributed by atoms with van der Waals surface area (Å²) >= 11 is 6.15. The number of aromatic nitrogens is 2. The van der Waals surface area contributed by atoms with Crippen LogP contribution in [-0.2, 0) is 18.0 Å². The van der Waals surface area contributed by atoms with Crippen LogP contribution < -0.4 is 5.43 Å². The first-order valence-electron chi connectivity index (χ1n) is 10.4. The van der Waals surface area contributed by atoms with Crippen molar-refractivity contribution < 1.29 is 27.1 Å². The van der Waals surface area contributed by atoms with E-state index in [2.05, 4.69) is 4.98 Å². The Hall–Kier alpha value is -2.75. The van der Waals surface area contributed by atoms with Crippen molar-refractivity contribution in [3.05, 3.63) is 39.0 Å². The predicted octanol–water partition coefficient (Wildman–Crippen LogP) is 5.47. The standard InChI is InChI=1S/C22H23ClF3N3O4/c1-21(2,3)33-20(31)29-7-5-11(6-8-29)15-10-14(30)12-9-13(23)16-17(18(12)32-15)28(4)19(27-16)22(24,25)26/h9-11H,5-8H2,1-4H3. The number of nitrogens with zero attached hydrogens (tertiary/aromatic N) is 3. The van der Waals surface area contributed by atoms with Crippen LogP contribution in [0.3, 0.4) is 0 Å². The van der Waals surface area contributed by atoms with Crippen molar-refractivity contribution in [1.29, 1.82) is 0 Å². The number of amides is 1. The van der Waals surface area contributed by atoms with Gasteiger partial charge in [-0.2, -0.15) is 13.2 Å². The molecular formula is C22H23ClF3N3O4. The zero-order valence-electron chi connectivity index (χ0n) is 18.5. The summed E-state index contributed by atoms with van der Waals surface area (Å²) in [5.41, 5.74) is -1.07. The van der Waals surface area contributed by atoms with Crippen LogP contribution in [0.5, 0.6) is 0 Å². The number of carbonyl (C=O) groups excluding carboxylic acids is 1. The third-order valence-electron chi connectivity index (χ3n) is 5.61. The minimum absolute atomic E-state index is 0.00923. The second-order valence-electron chi connectivity index (χ2n) is 9.18. The number of ether oxygens (including phenoxy) is 1. The van der Waals surface area contributed by atoms with Crippen molar-refractivity contribution in [2.45, 2.75) is 51.3 Å². The Morgan fingerprint density at radius 2 is 1.85 bits per heavy atom. The summed E-state index contributed by atoms with van der Waals surface area (Å²) < 4.78 is 52.5. The SMILES string of the molecule is Cn1c(C(F)(F)F)nc2c(Cl)cc3c(=O)cc(C4CCN(C(=O)OC(C)(C)C)CC4)oc3c21. The van der Waals surface area contributed by atoms with Crippen molar-refractivity contribution in [2.24, 2.45) is 7.05 Å². The fourth-order valence-corrected chi connectivity index (χ4v) is 4.32. The summed E-state index contributed by atoms with van der Waals surface area (Å²) in [4.78, 5) is 30.4. The first-order chi connectivity index (χ1) is 15.3. The van der Waals surface area contributed by atoms with Gasteiger partial charge in [0.05, 0.1) is 10.4 Å². The van der Waals surface area contributed by atoms with E-state index < -0.39 is 29.1 Å². The Morgan fingerprint density at radius 1 is 1.21 bits per heavy atom. The van der Waals surface area contributed by atoms with Crippen LogP contribution in [0.4, 0.5) is 18.0 Å². The lowest BCUT2D eigenvalue weighted by molar-refractivity contribution is -0.146. The summed E-state index contributed by atoms with van der Waals surface area (Å²) in [6.07, 6.45) is -4.07. The second-order valence-corrected chi connectivity index (χ2v) is 9.59. The summed E-state index contributed by atoms with van der Waals surface area (Å²) in [5, 5.41) is 0.0217. The van der Waals surface area contributed by atoms with Crippen molar-refractivity contribution in [2.75, 3.05) is 13.1 Å². The minimum Gasteiger partial charge on any atom is -0.458 e. The molecule has 1 aliphatic heterocycles. The molecule has 0 N–H and O–H groups in total. The van der Waals surface area contributed by atoms with Gasteiger partial charge in [-0.15, -0.1) is 0 Å². The Bertz CT molecular complexity index is 1300. The van der Waals surface area contributed by atoms with Crippen LogP contribution in [0.15, 0.2) is 21.3 Å². The van der Waals surface area contributed by atoms with E-state index >= 15 is 0 Å². The smallest absolute Gasteiger partial charge is 0.449 e. The molecule has 178 valence electrons. The number of hydrogen-bond donors (Lipinski definition) is 0. The van der Waals surface area contributed by atoms with Gasteiger partial charge < -0.3 is 18.6 Å². The Labute approximate surface area is 192 Å². The van der Waals surface area contributed by atoms with E-state index in [1.54, 1.807) is 25.7 Å². The Morgan fingerprint density at radius 3 is 2.42 bits per heavy atom. The van der Waals surface area contributed by atoms with Gasteiger partial charge in [-0.1, -0.05) is 11.6 Å². The van der Waals surface area contributed by atoms with Gasteiger partial charge >= 0.3 is 12.3 Å². The first kappa shape index (κ1) is 23.4. The fourth-order valence-electron chi connectivity index (χ4n) is 4.08. The molecule has 33 heavy (non-hydrogen) atoms. The fraction of sp³-hybridized carbons (Fsp3) is 0.500. The second kappa shape index (κ2) is 7.93. The zero-order valence-corrected chi connectivity index (χ0v) is 19.3. The number of piperidine rings is 1. The van der Waals surface area contributed by atoms with Gasteiger partial charge in [-0.05, 0) is 39.7 Å². The number of carbonyl (C=O) groups is 1. The molecule has 3 aromatic rings. The highest BCUT2D eigenvalue weighted by Gasteiger charge is 2.38. The molecule has 2 aromatic heterocycles. The molecule has 1 aromatic carbocycles. The molecule has 0 unspecified atom stereocenters. The van der Waals surface area contributed by atoms with E-state index in [9.17, 15) is 22.8 Å². The lowest BCUT2D eigenvalue weighted by Gasteiger charge is -2.33. The zero-order chi connectivity index (χ0) is 24.3. The van der Waals surface area contributed by atoms with Crippen LogP contribution >= 0.6 is 11.6 Å². The largest absolute Gasteiger partial charge is 0.458 e. The highest BCUT2D eigenvalue weighted by molar-refractivity contribution is 6.36. The summed E-state index contributed by atoms with van der Waals surface area (Å²) in [6.45, 7) is 6.17. The lowest BCUT2D eigenvalue weighted by Crippen LogP contribution is -2.41. The molecule has 1 saturated heterocycles. The number of rotatable bonds is 1. The highest BCUT2D eigenvalue weighted by Crippen LogP contribution is 2.37. The number of halogens is 4. The van der Waals surface area contributed by atoms with Gasteiger partial charge in [-0.25, -0.2) is 9.78 Å². The van der Waals surface area contributed by atoms with E-state index in [1.807, 2.05) is 0 Å². The lowest BCUT2D eigenvalue weighted by atomic mass is 9.94. The third kappa shape index (κ3) is 4.40. The number of likely N-dealkylation sites (tertiary alicyclic amines) is 1. The number of aryl methyl sites for hydroxylation is 1. The maximum absolute atomic E-state index is 13.4. The molecule has 0 bridgehead atoms. The number of alkyl halides is 3. The Balaban J connectivity index is 1.72. The highest BCUT2D eigenvalue weighted by atomic mass is 35.5. The average molecular weight is 486 g/mol. The Kier molecular flexibility index (Phi) is 5.63. The van der Waals surface area contributed by atoms with Gasteiger partial charge in [0.25, 0.3) is 0 Å². The summed E-state index contributed by atoms with van der Waals surface area (Å²) in [7, 11) is 1.21. The molecule has 3 heterocycles. The van der Waals surface area contributed by atoms with Crippen LogP contribution in [-0.4, -0.2) is 39.2 Å². The van der Waals surface area contributed by atoms with E-state index in [4.69, 9.17) is 20.8 Å². The molecule has 0 saturated carbocycles. The number of imidazole rings is 1.